The first-order valence-corrected chi connectivity index (χ1v) is 6.62. The number of methoxy groups -OCH3 is 1. The molecule has 0 aliphatic heterocycles. The van der Waals surface area contributed by atoms with E-state index in [-0.39, 0.29) is 0 Å². The highest BCUT2D eigenvalue weighted by Gasteiger charge is 2.01. The van der Waals surface area contributed by atoms with Crippen molar-refractivity contribution < 1.29 is 4.74 Å². The van der Waals surface area contributed by atoms with Crippen LogP contribution < -0.4 is 5.32 Å². The molecule has 0 aliphatic rings. The Balaban J connectivity index is 1.91. The van der Waals surface area contributed by atoms with Crippen LogP contribution in [-0.4, -0.2) is 33.5 Å². The summed E-state index contributed by atoms with van der Waals surface area (Å²) in [7, 11) is 1.70. The van der Waals surface area contributed by atoms with Gasteiger partial charge in [-0.1, -0.05) is 0 Å². The summed E-state index contributed by atoms with van der Waals surface area (Å²) in [6, 6.07) is 0. The van der Waals surface area contributed by atoms with Crippen LogP contribution in [-0.2, 0) is 11.3 Å². The summed E-state index contributed by atoms with van der Waals surface area (Å²) < 4.78 is 7.88. The van der Waals surface area contributed by atoms with Crippen LogP contribution in [0.15, 0.2) is 24.8 Å². The van der Waals surface area contributed by atoms with Gasteiger partial charge in [0.1, 0.15) is 0 Å². The zero-order valence-corrected chi connectivity index (χ0v) is 12.2. The lowest BCUT2D eigenvalue weighted by molar-refractivity contribution is 0.189. The van der Waals surface area contributed by atoms with Gasteiger partial charge in [0.25, 0.3) is 0 Å². The molecule has 18 heavy (non-hydrogen) atoms. The van der Waals surface area contributed by atoms with E-state index in [1.807, 2.05) is 10.9 Å². The van der Waals surface area contributed by atoms with Crippen LogP contribution in [0.4, 0.5) is 11.6 Å². The van der Waals surface area contributed by atoms with E-state index >= 15 is 0 Å². The zero-order chi connectivity index (χ0) is 12.8. The molecular formula is C11H14IN5O. The van der Waals surface area contributed by atoms with Crippen LogP contribution in [0.25, 0.3) is 0 Å². The number of nitrogens with one attached hydrogen (secondary N) is 1. The van der Waals surface area contributed by atoms with Crippen LogP contribution in [0.2, 0.25) is 0 Å². The van der Waals surface area contributed by atoms with E-state index in [0.29, 0.717) is 5.95 Å². The molecule has 2 aromatic heterocycles. The second-order valence-electron chi connectivity index (χ2n) is 3.69. The molecule has 0 aromatic carbocycles. The van der Waals surface area contributed by atoms with Crippen molar-refractivity contribution in [1.29, 1.82) is 0 Å². The molecule has 2 rings (SSSR count). The highest BCUT2D eigenvalue weighted by Crippen LogP contribution is 2.11. The van der Waals surface area contributed by atoms with Crippen LogP contribution in [0, 0.1) is 3.57 Å². The minimum atomic E-state index is 0.576. The maximum absolute atomic E-state index is 5.00. The molecule has 0 saturated heterocycles. The first-order chi connectivity index (χ1) is 8.78. The maximum atomic E-state index is 5.00. The van der Waals surface area contributed by atoms with Gasteiger partial charge in [0.05, 0.1) is 11.9 Å². The van der Waals surface area contributed by atoms with Crippen molar-refractivity contribution in [1.82, 2.24) is 19.7 Å². The summed E-state index contributed by atoms with van der Waals surface area (Å²) in [6.45, 7) is 1.58. The minimum absolute atomic E-state index is 0.576. The molecule has 2 aromatic rings. The number of ether oxygens (including phenoxy) is 1. The fourth-order valence-corrected chi connectivity index (χ4v) is 1.71. The first kappa shape index (κ1) is 13.2. The topological polar surface area (TPSA) is 64.9 Å². The van der Waals surface area contributed by atoms with E-state index in [0.717, 1.165) is 28.8 Å². The molecule has 6 nitrogen and oxygen atoms in total. The predicted molar refractivity (Wildman–Crippen MR) is 76.8 cm³/mol. The molecule has 2 heterocycles. The molecule has 0 saturated carbocycles. The second kappa shape index (κ2) is 6.64. The summed E-state index contributed by atoms with van der Waals surface area (Å²) in [5.74, 6) is 0.576. The lowest BCUT2D eigenvalue weighted by Crippen LogP contribution is -2.01. The molecular weight excluding hydrogens is 345 g/mol. The Morgan fingerprint density at radius 2 is 2.11 bits per heavy atom. The number of rotatable bonds is 6. The van der Waals surface area contributed by atoms with Gasteiger partial charge in [-0.15, -0.1) is 0 Å². The Morgan fingerprint density at radius 3 is 2.83 bits per heavy atom. The number of aromatic nitrogens is 4. The van der Waals surface area contributed by atoms with Crippen LogP contribution in [0.1, 0.15) is 6.42 Å². The predicted octanol–water partition coefficient (Wildman–Crippen LogP) is 2.06. The van der Waals surface area contributed by atoms with E-state index in [1.165, 1.54) is 0 Å². The van der Waals surface area contributed by atoms with E-state index in [4.69, 9.17) is 4.74 Å². The second-order valence-corrected chi connectivity index (χ2v) is 4.93. The molecule has 0 fully saturated rings. The number of halogens is 1. The molecule has 0 bridgehead atoms. The molecule has 7 heteroatoms. The van der Waals surface area contributed by atoms with E-state index in [2.05, 4.69) is 43.0 Å². The average Bonchev–Trinajstić information content (AvgIpc) is 2.80. The zero-order valence-electron chi connectivity index (χ0n) is 10.0. The molecule has 96 valence electrons. The SMILES string of the molecule is COCCCn1cc(Nc2ncc(I)cn2)cn1. The van der Waals surface area contributed by atoms with Crippen LogP contribution in [0.5, 0.6) is 0 Å². The van der Waals surface area contributed by atoms with Crippen molar-refractivity contribution in [2.45, 2.75) is 13.0 Å². The van der Waals surface area contributed by atoms with Gasteiger partial charge < -0.3 is 10.1 Å². The summed E-state index contributed by atoms with van der Waals surface area (Å²) in [5.41, 5.74) is 0.883. The fraction of sp³-hybridized carbons (Fsp3) is 0.364. The van der Waals surface area contributed by atoms with Crippen LogP contribution in [0.3, 0.4) is 0 Å². The number of aryl methyl sites for hydroxylation is 1. The normalized spacial score (nSPS) is 10.6. The molecule has 0 unspecified atom stereocenters. The Hall–Kier alpha value is -1.22. The van der Waals surface area contributed by atoms with Crippen molar-refractivity contribution in [3.63, 3.8) is 0 Å². The smallest absolute Gasteiger partial charge is 0.227 e. The van der Waals surface area contributed by atoms with Gasteiger partial charge in [-0.05, 0) is 29.0 Å². The van der Waals surface area contributed by atoms with Crippen molar-refractivity contribution in [2.24, 2.45) is 0 Å². The van der Waals surface area contributed by atoms with Crippen molar-refractivity contribution in [3.8, 4) is 0 Å². The molecule has 1 N–H and O–H groups in total. The van der Waals surface area contributed by atoms with E-state index in [1.54, 1.807) is 25.7 Å². The van der Waals surface area contributed by atoms with Gasteiger partial charge >= 0.3 is 0 Å². The summed E-state index contributed by atoms with van der Waals surface area (Å²) in [5, 5.41) is 7.35. The monoisotopic (exact) mass is 359 g/mol. The van der Waals surface area contributed by atoms with Gasteiger partial charge in [-0.25, -0.2) is 9.97 Å². The third-order valence-electron chi connectivity index (χ3n) is 2.25. The Morgan fingerprint density at radius 1 is 1.33 bits per heavy atom. The third-order valence-corrected chi connectivity index (χ3v) is 2.80. The highest BCUT2D eigenvalue weighted by molar-refractivity contribution is 14.1. The van der Waals surface area contributed by atoms with Crippen molar-refractivity contribution in [3.05, 3.63) is 28.4 Å². The number of anilines is 2. The molecule has 0 amide bonds. The van der Waals surface area contributed by atoms with E-state index < -0.39 is 0 Å². The number of nitrogens with zero attached hydrogens (tertiary/aromatic N) is 4. The minimum Gasteiger partial charge on any atom is -0.385 e. The first-order valence-electron chi connectivity index (χ1n) is 5.54. The van der Waals surface area contributed by atoms with Gasteiger partial charge in [0.2, 0.25) is 5.95 Å². The molecule has 0 radical (unpaired) electrons. The number of hydrogen-bond acceptors (Lipinski definition) is 5. The largest absolute Gasteiger partial charge is 0.385 e. The summed E-state index contributed by atoms with van der Waals surface area (Å²) in [4.78, 5) is 8.34. The van der Waals surface area contributed by atoms with Gasteiger partial charge in [0, 0.05) is 42.4 Å². The lowest BCUT2D eigenvalue weighted by Gasteiger charge is -2.01. The Bertz CT molecular complexity index is 484. The number of hydrogen-bond donors (Lipinski definition) is 1. The standard InChI is InChI=1S/C11H14IN5O/c1-18-4-2-3-17-8-10(7-15-17)16-11-13-5-9(12)6-14-11/h5-8H,2-4H2,1H3,(H,13,14,16). The Kier molecular flexibility index (Phi) is 4.88. The molecule has 0 atom stereocenters. The average molecular weight is 359 g/mol. The summed E-state index contributed by atoms with van der Waals surface area (Å²) in [6.07, 6.45) is 8.15. The van der Waals surface area contributed by atoms with E-state index in [9.17, 15) is 0 Å². The quantitative estimate of drug-likeness (QED) is 0.632. The van der Waals surface area contributed by atoms with Gasteiger partial charge in [-0.2, -0.15) is 5.10 Å². The highest BCUT2D eigenvalue weighted by atomic mass is 127. The van der Waals surface area contributed by atoms with Crippen molar-refractivity contribution in [2.75, 3.05) is 19.0 Å². The maximum Gasteiger partial charge on any atom is 0.227 e. The fourth-order valence-electron chi connectivity index (χ4n) is 1.43. The summed E-state index contributed by atoms with van der Waals surface area (Å²) >= 11 is 2.17. The van der Waals surface area contributed by atoms with Gasteiger partial charge in [-0.3, -0.25) is 4.68 Å². The van der Waals surface area contributed by atoms with Crippen molar-refractivity contribution >= 4 is 34.2 Å². The molecule has 0 aliphatic carbocycles. The Labute approximate surface area is 119 Å². The third kappa shape index (κ3) is 3.91. The van der Waals surface area contributed by atoms with Crippen LogP contribution >= 0.6 is 22.6 Å². The van der Waals surface area contributed by atoms with Gasteiger partial charge in [0.15, 0.2) is 0 Å². The lowest BCUT2D eigenvalue weighted by atomic mass is 10.4. The molecule has 0 spiro atoms.